The van der Waals surface area contributed by atoms with Crippen molar-refractivity contribution in [3.05, 3.63) is 58.4 Å². The summed E-state index contributed by atoms with van der Waals surface area (Å²) in [6.45, 7) is 9.68. The lowest BCUT2D eigenvalue weighted by Gasteiger charge is -2.17. The van der Waals surface area contributed by atoms with E-state index < -0.39 is 0 Å². The molecule has 0 aliphatic heterocycles. The van der Waals surface area contributed by atoms with E-state index in [1.54, 1.807) is 13.2 Å². The fourth-order valence-corrected chi connectivity index (χ4v) is 3.16. The molecule has 1 N–H and O–H groups in total. The molecular formula is C22H32Cl3FN2O2. The Bertz CT molecular complexity index is 746. The first-order chi connectivity index (χ1) is 13.6. The molecule has 170 valence electrons. The molecule has 0 heterocycles. The molecule has 0 fully saturated rings. The Morgan fingerprint density at radius 3 is 2.40 bits per heavy atom. The molecule has 0 saturated heterocycles. The van der Waals surface area contributed by atoms with Crippen LogP contribution in [0.25, 0.3) is 0 Å². The quantitative estimate of drug-likeness (QED) is 0.392. The van der Waals surface area contributed by atoms with E-state index in [2.05, 4.69) is 24.1 Å². The standard InChI is InChI=1S/C22H30ClFN2O2.2ClH/c1-4-26(5-2)12-6-11-25-15-17-7-10-21(22(13-17)27-3)28-16-18-8-9-19(24)14-20(18)23;;/h7-10,13-14,25H,4-6,11-12,15-16H2,1-3H3;2*1H. The number of rotatable bonds is 12. The van der Waals surface area contributed by atoms with Crippen LogP contribution in [0.5, 0.6) is 11.5 Å². The predicted molar refractivity (Wildman–Crippen MR) is 127 cm³/mol. The van der Waals surface area contributed by atoms with Crippen LogP contribution in [0.3, 0.4) is 0 Å². The summed E-state index contributed by atoms with van der Waals surface area (Å²) in [6.07, 6.45) is 1.12. The van der Waals surface area contributed by atoms with Gasteiger partial charge in [0.2, 0.25) is 0 Å². The van der Waals surface area contributed by atoms with Gasteiger partial charge in [-0.2, -0.15) is 0 Å². The SMILES string of the molecule is CCN(CC)CCCNCc1ccc(OCc2ccc(F)cc2Cl)c(OC)c1.Cl.Cl. The van der Waals surface area contributed by atoms with Gasteiger partial charge < -0.3 is 19.7 Å². The number of benzene rings is 2. The molecule has 0 unspecified atom stereocenters. The Kier molecular flexibility index (Phi) is 14.9. The minimum atomic E-state index is -0.361. The van der Waals surface area contributed by atoms with Crippen LogP contribution in [0.4, 0.5) is 4.39 Å². The van der Waals surface area contributed by atoms with Crippen molar-refractivity contribution in [3.63, 3.8) is 0 Å². The third-order valence-electron chi connectivity index (χ3n) is 4.68. The van der Waals surface area contributed by atoms with Crippen molar-refractivity contribution in [2.45, 2.75) is 33.4 Å². The molecule has 8 heteroatoms. The fourth-order valence-electron chi connectivity index (χ4n) is 2.94. The van der Waals surface area contributed by atoms with Crippen molar-refractivity contribution in [2.75, 3.05) is 33.3 Å². The van der Waals surface area contributed by atoms with Gasteiger partial charge in [-0.1, -0.05) is 37.6 Å². The molecule has 2 rings (SSSR count). The number of hydrogen-bond donors (Lipinski definition) is 1. The van der Waals surface area contributed by atoms with E-state index in [0.29, 0.717) is 16.5 Å². The molecule has 0 aliphatic carbocycles. The van der Waals surface area contributed by atoms with E-state index in [1.165, 1.54) is 12.1 Å². The first kappa shape index (κ1) is 28.8. The Balaban J connectivity index is 0.00000420. The Labute approximate surface area is 196 Å². The molecule has 2 aromatic carbocycles. The van der Waals surface area contributed by atoms with E-state index in [1.807, 2.05) is 18.2 Å². The van der Waals surface area contributed by atoms with Gasteiger partial charge in [0, 0.05) is 12.1 Å². The zero-order valence-corrected chi connectivity index (χ0v) is 20.1. The molecule has 0 spiro atoms. The van der Waals surface area contributed by atoms with Crippen molar-refractivity contribution in [1.29, 1.82) is 0 Å². The smallest absolute Gasteiger partial charge is 0.161 e. The highest BCUT2D eigenvalue weighted by atomic mass is 35.5. The van der Waals surface area contributed by atoms with E-state index >= 15 is 0 Å². The van der Waals surface area contributed by atoms with Crippen LogP contribution in [0.15, 0.2) is 36.4 Å². The largest absolute Gasteiger partial charge is 0.493 e. The van der Waals surface area contributed by atoms with Crippen molar-refractivity contribution in [2.24, 2.45) is 0 Å². The number of ether oxygens (including phenoxy) is 2. The van der Waals surface area contributed by atoms with Crippen molar-refractivity contribution in [1.82, 2.24) is 10.2 Å². The van der Waals surface area contributed by atoms with Gasteiger partial charge in [0.15, 0.2) is 11.5 Å². The van der Waals surface area contributed by atoms with Gasteiger partial charge in [0.25, 0.3) is 0 Å². The minimum Gasteiger partial charge on any atom is -0.493 e. The maximum absolute atomic E-state index is 13.1. The van der Waals surface area contributed by atoms with Crippen LogP contribution < -0.4 is 14.8 Å². The number of halogens is 4. The molecule has 0 saturated carbocycles. The van der Waals surface area contributed by atoms with Gasteiger partial charge >= 0.3 is 0 Å². The molecule has 0 aliphatic rings. The highest BCUT2D eigenvalue weighted by Crippen LogP contribution is 2.29. The molecule has 0 amide bonds. The van der Waals surface area contributed by atoms with Gasteiger partial charge in [-0.25, -0.2) is 4.39 Å². The van der Waals surface area contributed by atoms with Crippen LogP contribution >= 0.6 is 36.4 Å². The molecule has 0 atom stereocenters. The van der Waals surface area contributed by atoms with Crippen LogP contribution in [0, 0.1) is 5.82 Å². The Morgan fingerprint density at radius 2 is 1.77 bits per heavy atom. The summed E-state index contributed by atoms with van der Waals surface area (Å²) in [5, 5.41) is 3.82. The summed E-state index contributed by atoms with van der Waals surface area (Å²) in [6, 6.07) is 10.2. The van der Waals surface area contributed by atoms with Crippen LogP contribution in [-0.4, -0.2) is 38.2 Å². The van der Waals surface area contributed by atoms with Crippen LogP contribution in [0.1, 0.15) is 31.4 Å². The van der Waals surface area contributed by atoms with Crippen molar-refractivity contribution < 1.29 is 13.9 Å². The first-order valence-electron chi connectivity index (χ1n) is 9.74. The lowest BCUT2D eigenvalue weighted by Crippen LogP contribution is -2.27. The predicted octanol–water partition coefficient (Wildman–Crippen LogP) is 5.73. The second-order valence-corrected chi connectivity index (χ2v) is 6.97. The van der Waals surface area contributed by atoms with E-state index in [0.717, 1.165) is 50.3 Å². The summed E-state index contributed by atoms with van der Waals surface area (Å²) in [4.78, 5) is 2.42. The third-order valence-corrected chi connectivity index (χ3v) is 5.03. The van der Waals surface area contributed by atoms with Gasteiger partial charge in [0.05, 0.1) is 12.1 Å². The first-order valence-corrected chi connectivity index (χ1v) is 10.1. The Hall–Kier alpha value is -1.24. The monoisotopic (exact) mass is 480 g/mol. The number of hydrogen-bond acceptors (Lipinski definition) is 4. The highest BCUT2D eigenvalue weighted by Gasteiger charge is 2.08. The molecule has 0 bridgehead atoms. The highest BCUT2D eigenvalue weighted by molar-refractivity contribution is 6.31. The van der Waals surface area contributed by atoms with E-state index in [9.17, 15) is 4.39 Å². The average Bonchev–Trinajstić information content (AvgIpc) is 2.70. The van der Waals surface area contributed by atoms with Crippen LogP contribution in [-0.2, 0) is 13.2 Å². The topological polar surface area (TPSA) is 33.7 Å². The summed E-state index contributed by atoms with van der Waals surface area (Å²) < 4.78 is 24.4. The fraction of sp³-hybridized carbons (Fsp3) is 0.455. The van der Waals surface area contributed by atoms with E-state index in [4.69, 9.17) is 21.1 Å². The maximum Gasteiger partial charge on any atom is 0.161 e. The molecule has 0 aromatic heterocycles. The molecule has 30 heavy (non-hydrogen) atoms. The van der Waals surface area contributed by atoms with Gasteiger partial charge in [-0.05, 0) is 62.4 Å². The zero-order valence-electron chi connectivity index (χ0n) is 17.7. The molecular weight excluding hydrogens is 450 g/mol. The van der Waals surface area contributed by atoms with Gasteiger partial charge in [0.1, 0.15) is 12.4 Å². The summed E-state index contributed by atoms with van der Waals surface area (Å²) in [5.74, 6) is 0.939. The van der Waals surface area contributed by atoms with Crippen molar-refractivity contribution >= 4 is 36.4 Å². The molecule has 4 nitrogen and oxygen atoms in total. The van der Waals surface area contributed by atoms with Gasteiger partial charge in [-0.15, -0.1) is 24.8 Å². The number of nitrogens with zero attached hydrogens (tertiary/aromatic N) is 1. The summed E-state index contributed by atoms with van der Waals surface area (Å²) in [5.41, 5.74) is 1.86. The maximum atomic E-state index is 13.1. The number of nitrogens with one attached hydrogen (secondary N) is 1. The normalized spacial score (nSPS) is 10.3. The summed E-state index contributed by atoms with van der Waals surface area (Å²) >= 11 is 6.05. The third kappa shape index (κ3) is 9.27. The second kappa shape index (κ2) is 15.5. The van der Waals surface area contributed by atoms with E-state index in [-0.39, 0.29) is 37.2 Å². The summed E-state index contributed by atoms with van der Waals surface area (Å²) in [7, 11) is 1.62. The molecule has 0 radical (unpaired) electrons. The lowest BCUT2D eigenvalue weighted by atomic mass is 10.2. The zero-order chi connectivity index (χ0) is 20.4. The van der Waals surface area contributed by atoms with Gasteiger partial charge in [-0.3, -0.25) is 0 Å². The average molecular weight is 482 g/mol. The van der Waals surface area contributed by atoms with Crippen molar-refractivity contribution in [3.8, 4) is 11.5 Å². The Morgan fingerprint density at radius 1 is 1.03 bits per heavy atom. The lowest BCUT2D eigenvalue weighted by molar-refractivity contribution is 0.284. The minimum absolute atomic E-state index is 0. The molecule has 2 aromatic rings. The number of methoxy groups -OCH3 is 1. The van der Waals surface area contributed by atoms with Crippen LogP contribution in [0.2, 0.25) is 5.02 Å². The second-order valence-electron chi connectivity index (χ2n) is 6.57.